The molecule has 2 rings (SSSR count). The molecule has 104 valence electrons. The van der Waals surface area contributed by atoms with E-state index in [0.717, 1.165) is 18.9 Å². The van der Waals surface area contributed by atoms with Gasteiger partial charge in [0.2, 0.25) is 10.0 Å². The normalized spacial score (nSPS) is 16.5. The number of anilines is 1. The predicted octanol–water partition coefficient (Wildman–Crippen LogP) is 1.79. The predicted molar refractivity (Wildman–Crippen MR) is 72.2 cm³/mol. The number of sulfonamides is 1. The summed E-state index contributed by atoms with van der Waals surface area (Å²) in [6.45, 7) is 0. The number of nitrogens with one attached hydrogen (secondary N) is 2. The number of halogens is 1. The monoisotopic (exact) mass is 285 g/mol. The van der Waals surface area contributed by atoms with Crippen LogP contribution in [0.4, 0.5) is 10.1 Å². The average Bonchev–Trinajstić information content (AvgIpc) is 2.85. The Balaban J connectivity index is 2.21. The van der Waals surface area contributed by atoms with Gasteiger partial charge in [0, 0.05) is 5.56 Å². The van der Waals surface area contributed by atoms with Crippen LogP contribution >= 0.6 is 0 Å². The smallest absolute Gasteiger partial charge is 0.235 e. The van der Waals surface area contributed by atoms with E-state index in [1.807, 2.05) is 0 Å². The molecule has 7 heteroatoms. The molecule has 4 N–H and O–H groups in total. The van der Waals surface area contributed by atoms with Gasteiger partial charge in [0.25, 0.3) is 0 Å². The van der Waals surface area contributed by atoms with Gasteiger partial charge in [-0.15, -0.1) is 0 Å². The third-order valence-corrected chi connectivity index (χ3v) is 5.13. The third-order valence-electron chi connectivity index (χ3n) is 3.27. The van der Waals surface area contributed by atoms with E-state index < -0.39 is 21.1 Å². The van der Waals surface area contributed by atoms with Crippen LogP contribution in [0.5, 0.6) is 0 Å². The minimum Gasteiger partial charge on any atom is -0.384 e. The molecule has 1 aromatic carbocycles. The molecule has 1 aliphatic carbocycles. The fourth-order valence-electron chi connectivity index (χ4n) is 2.20. The van der Waals surface area contributed by atoms with Crippen molar-refractivity contribution in [3.63, 3.8) is 0 Å². The van der Waals surface area contributed by atoms with E-state index >= 15 is 0 Å². The van der Waals surface area contributed by atoms with Gasteiger partial charge in [0.15, 0.2) is 0 Å². The van der Waals surface area contributed by atoms with Crippen molar-refractivity contribution in [2.75, 3.05) is 4.72 Å². The number of hydrogen-bond acceptors (Lipinski definition) is 3. The summed E-state index contributed by atoms with van der Waals surface area (Å²) in [7, 11) is -3.54. The number of nitrogens with two attached hydrogens (primary N) is 1. The van der Waals surface area contributed by atoms with Gasteiger partial charge < -0.3 is 5.73 Å². The minimum atomic E-state index is -3.54. The van der Waals surface area contributed by atoms with E-state index in [-0.39, 0.29) is 17.1 Å². The van der Waals surface area contributed by atoms with Gasteiger partial charge in [-0.3, -0.25) is 10.1 Å². The van der Waals surface area contributed by atoms with Crippen LogP contribution in [-0.4, -0.2) is 19.5 Å². The second-order valence-corrected chi connectivity index (χ2v) is 6.62. The maximum Gasteiger partial charge on any atom is 0.235 e. The lowest BCUT2D eigenvalue weighted by Crippen LogP contribution is -2.25. The molecule has 0 spiro atoms. The van der Waals surface area contributed by atoms with E-state index in [1.165, 1.54) is 12.1 Å². The molecule has 0 amide bonds. The SMILES string of the molecule is N=C(N)c1ccc(NS(=O)(=O)C2CCCC2)c(F)c1. The van der Waals surface area contributed by atoms with E-state index in [9.17, 15) is 12.8 Å². The Morgan fingerprint density at radius 3 is 2.53 bits per heavy atom. The standard InChI is InChI=1S/C12H16FN3O2S/c13-10-7-8(12(14)15)5-6-11(10)16-19(17,18)9-3-1-2-4-9/h5-7,9,16H,1-4H2,(H3,14,15). The first-order chi connectivity index (χ1) is 8.90. The summed E-state index contributed by atoms with van der Waals surface area (Å²) in [4.78, 5) is 0. The first-order valence-corrected chi connectivity index (χ1v) is 7.60. The maximum absolute atomic E-state index is 13.7. The lowest BCUT2D eigenvalue weighted by Gasteiger charge is -2.14. The lowest BCUT2D eigenvalue weighted by atomic mass is 10.2. The van der Waals surface area contributed by atoms with Crippen molar-refractivity contribution in [3.05, 3.63) is 29.6 Å². The van der Waals surface area contributed by atoms with Gasteiger partial charge >= 0.3 is 0 Å². The Bertz CT molecular complexity index is 595. The second kappa shape index (κ2) is 5.16. The van der Waals surface area contributed by atoms with Crippen molar-refractivity contribution in [3.8, 4) is 0 Å². The van der Waals surface area contributed by atoms with Crippen LogP contribution in [0.15, 0.2) is 18.2 Å². The summed E-state index contributed by atoms with van der Waals surface area (Å²) in [6, 6.07) is 3.76. The van der Waals surface area contributed by atoms with Gasteiger partial charge in [-0.1, -0.05) is 12.8 Å². The Morgan fingerprint density at radius 2 is 2.00 bits per heavy atom. The Kier molecular flexibility index (Phi) is 3.75. The van der Waals surface area contributed by atoms with Crippen LogP contribution in [-0.2, 0) is 10.0 Å². The molecule has 1 fully saturated rings. The Labute approximate surface area is 111 Å². The van der Waals surface area contributed by atoms with Gasteiger partial charge in [-0.25, -0.2) is 12.8 Å². The number of rotatable bonds is 4. The maximum atomic E-state index is 13.7. The van der Waals surface area contributed by atoms with Crippen molar-refractivity contribution in [1.29, 1.82) is 5.41 Å². The van der Waals surface area contributed by atoms with Crippen molar-refractivity contribution in [1.82, 2.24) is 0 Å². The minimum absolute atomic E-state index is 0.100. The van der Waals surface area contributed by atoms with Crippen LogP contribution < -0.4 is 10.5 Å². The zero-order chi connectivity index (χ0) is 14.0. The van der Waals surface area contributed by atoms with Gasteiger partial charge in [-0.2, -0.15) is 0 Å². The number of nitrogen functional groups attached to an aromatic ring is 1. The van der Waals surface area contributed by atoms with Crippen molar-refractivity contribution in [2.24, 2.45) is 5.73 Å². The van der Waals surface area contributed by atoms with Crippen LogP contribution in [0.2, 0.25) is 0 Å². The van der Waals surface area contributed by atoms with E-state index in [0.29, 0.717) is 12.8 Å². The molecule has 0 unspecified atom stereocenters. The summed E-state index contributed by atoms with van der Waals surface area (Å²) in [5, 5.41) is 6.75. The molecule has 1 aliphatic rings. The van der Waals surface area contributed by atoms with E-state index in [4.69, 9.17) is 11.1 Å². The van der Waals surface area contributed by atoms with Gasteiger partial charge in [0.05, 0.1) is 10.9 Å². The Morgan fingerprint density at radius 1 is 1.37 bits per heavy atom. The van der Waals surface area contributed by atoms with E-state index in [2.05, 4.69) is 4.72 Å². The molecule has 0 aliphatic heterocycles. The summed E-state index contributed by atoms with van der Waals surface area (Å²) >= 11 is 0. The summed E-state index contributed by atoms with van der Waals surface area (Å²) in [5.41, 5.74) is 5.36. The lowest BCUT2D eigenvalue weighted by molar-refractivity contribution is 0.583. The van der Waals surface area contributed by atoms with Gasteiger partial charge in [0.1, 0.15) is 11.7 Å². The van der Waals surface area contributed by atoms with Gasteiger partial charge in [-0.05, 0) is 31.0 Å². The molecule has 0 heterocycles. The quantitative estimate of drug-likeness (QED) is 0.581. The summed E-state index contributed by atoms with van der Waals surface area (Å²) in [6.07, 6.45) is 3.00. The number of benzene rings is 1. The molecule has 1 saturated carbocycles. The number of hydrogen-bond donors (Lipinski definition) is 3. The third kappa shape index (κ3) is 3.04. The second-order valence-electron chi connectivity index (χ2n) is 4.66. The largest absolute Gasteiger partial charge is 0.384 e. The molecule has 0 saturated heterocycles. The fourth-order valence-corrected chi connectivity index (χ4v) is 3.79. The molecular weight excluding hydrogens is 269 g/mol. The molecule has 0 bridgehead atoms. The molecule has 0 atom stereocenters. The molecule has 0 aromatic heterocycles. The van der Waals surface area contributed by atoms with Crippen molar-refractivity contribution >= 4 is 21.5 Å². The molecule has 5 nitrogen and oxygen atoms in total. The van der Waals surface area contributed by atoms with Crippen LogP contribution in [0.1, 0.15) is 31.2 Å². The highest BCUT2D eigenvalue weighted by molar-refractivity contribution is 7.93. The van der Waals surface area contributed by atoms with Crippen molar-refractivity contribution in [2.45, 2.75) is 30.9 Å². The Hall–Kier alpha value is -1.63. The average molecular weight is 285 g/mol. The summed E-state index contributed by atoms with van der Waals surface area (Å²) < 4.78 is 40.1. The van der Waals surface area contributed by atoms with Crippen molar-refractivity contribution < 1.29 is 12.8 Å². The number of amidine groups is 1. The first-order valence-electron chi connectivity index (χ1n) is 6.06. The fraction of sp³-hybridized carbons (Fsp3) is 0.417. The first kappa shape index (κ1) is 13.8. The molecule has 19 heavy (non-hydrogen) atoms. The molecular formula is C12H16FN3O2S. The highest BCUT2D eigenvalue weighted by atomic mass is 32.2. The highest BCUT2D eigenvalue weighted by Crippen LogP contribution is 2.27. The van der Waals surface area contributed by atoms with Crippen LogP contribution in [0.3, 0.4) is 0 Å². The van der Waals surface area contributed by atoms with Crippen LogP contribution in [0, 0.1) is 11.2 Å². The zero-order valence-corrected chi connectivity index (χ0v) is 11.1. The van der Waals surface area contributed by atoms with E-state index in [1.54, 1.807) is 0 Å². The van der Waals surface area contributed by atoms with Crippen LogP contribution in [0.25, 0.3) is 0 Å². The molecule has 1 aromatic rings. The zero-order valence-electron chi connectivity index (χ0n) is 10.3. The molecule has 0 radical (unpaired) electrons. The summed E-state index contributed by atoms with van der Waals surface area (Å²) in [5.74, 6) is -0.988. The highest BCUT2D eigenvalue weighted by Gasteiger charge is 2.29. The topological polar surface area (TPSA) is 96.0 Å².